The molecule has 0 radical (unpaired) electrons. The fourth-order valence-corrected chi connectivity index (χ4v) is 3.89. The van der Waals surface area contributed by atoms with Gasteiger partial charge in [0.25, 0.3) is 0 Å². The molecule has 0 aliphatic rings. The highest BCUT2D eigenvalue weighted by Crippen LogP contribution is 2.19. The molecule has 0 saturated carbocycles. The van der Waals surface area contributed by atoms with Crippen molar-refractivity contribution in [3.63, 3.8) is 0 Å². The lowest BCUT2D eigenvalue weighted by Gasteiger charge is -2.29. The first-order valence-corrected chi connectivity index (χ1v) is 8.15. The van der Waals surface area contributed by atoms with Gasteiger partial charge >= 0.3 is 8.56 Å². The van der Waals surface area contributed by atoms with Crippen LogP contribution in [0.15, 0.2) is 0 Å². The smallest absolute Gasteiger partial charge is 0.337 e. The molecule has 14 heavy (non-hydrogen) atoms. The minimum absolute atomic E-state index is 0.653. The molecule has 1 unspecified atom stereocenters. The highest BCUT2D eigenvalue weighted by molar-refractivity contribution is 6.67. The third-order valence-corrected chi connectivity index (χ3v) is 6.47. The predicted octanol–water partition coefficient (Wildman–Crippen LogP) is 3.57. The number of hydrogen-bond acceptors (Lipinski definition) is 2. The van der Waals surface area contributed by atoms with Crippen LogP contribution >= 0.6 is 0 Å². The maximum absolute atomic E-state index is 6.04. The van der Waals surface area contributed by atoms with Gasteiger partial charge < -0.3 is 8.85 Å². The van der Waals surface area contributed by atoms with Crippen LogP contribution < -0.4 is 0 Å². The normalized spacial score (nSPS) is 14.4. The second kappa shape index (κ2) is 7.43. The Bertz CT molecular complexity index is 135. The molecule has 0 aromatic rings. The average Bonchev–Trinajstić information content (AvgIpc) is 2.24. The van der Waals surface area contributed by atoms with E-state index in [2.05, 4.69) is 34.6 Å². The molecule has 0 fully saturated rings. The molecule has 0 bridgehead atoms. The molecule has 86 valence electrons. The Morgan fingerprint density at radius 2 is 1.57 bits per heavy atom. The zero-order valence-electron chi connectivity index (χ0n) is 10.4. The molecule has 0 N–H and O–H groups in total. The number of rotatable bonds is 8. The van der Waals surface area contributed by atoms with Crippen LogP contribution in [-0.4, -0.2) is 21.8 Å². The summed E-state index contributed by atoms with van der Waals surface area (Å²) in [5.41, 5.74) is 0. The van der Waals surface area contributed by atoms with Crippen molar-refractivity contribution in [2.45, 2.75) is 53.1 Å². The van der Waals surface area contributed by atoms with Crippen LogP contribution in [0, 0.1) is 5.92 Å². The summed E-state index contributed by atoms with van der Waals surface area (Å²) in [7, 11) is -1.82. The van der Waals surface area contributed by atoms with Crippen molar-refractivity contribution >= 4 is 8.56 Å². The van der Waals surface area contributed by atoms with Crippen LogP contribution in [0.2, 0.25) is 12.1 Å². The Kier molecular flexibility index (Phi) is 7.50. The molecule has 2 nitrogen and oxygen atoms in total. The monoisotopic (exact) mass is 218 g/mol. The summed E-state index contributed by atoms with van der Waals surface area (Å²) in [5, 5.41) is 0. The lowest BCUT2D eigenvalue weighted by Crippen LogP contribution is -2.41. The van der Waals surface area contributed by atoms with Crippen LogP contribution in [0.3, 0.4) is 0 Å². The molecular formula is C11H26O2Si. The minimum Gasteiger partial charge on any atom is -0.395 e. The number of hydrogen-bond donors (Lipinski definition) is 0. The molecule has 0 amide bonds. The van der Waals surface area contributed by atoms with E-state index in [0.29, 0.717) is 5.92 Å². The van der Waals surface area contributed by atoms with E-state index in [1.807, 2.05) is 0 Å². The molecule has 0 heterocycles. The second-order valence-corrected chi connectivity index (χ2v) is 7.69. The Balaban J connectivity index is 4.06. The van der Waals surface area contributed by atoms with Gasteiger partial charge in [0.05, 0.1) is 0 Å². The van der Waals surface area contributed by atoms with Crippen molar-refractivity contribution < 1.29 is 8.85 Å². The van der Waals surface area contributed by atoms with E-state index in [9.17, 15) is 0 Å². The van der Waals surface area contributed by atoms with Gasteiger partial charge in [-0.2, -0.15) is 0 Å². The molecule has 1 atom stereocenters. The fourth-order valence-electron chi connectivity index (χ4n) is 1.37. The topological polar surface area (TPSA) is 18.5 Å². The van der Waals surface area contributed by atoms with Gasteiger partial charge in [0.1, 0.15) is 0 Å². The van der Waals surface area contributed by atoms with E-state index < -0.39 is 8.56 Å². The molecule has 0 aromatic heterocycles. The SMILES string of the molecule is CCO[Si](CC)(CC)OCC(C)CC. The van der Waals surface area contributed by atoms with Gasteiger partial charge in [-0.3, -0.25) is 0 Å². The molecule has 0 spiro atoms. The van der Waals surface area contributed by atoms with Crippen LogP contribution in [0.5, 0.6) is 0 Å². The van der Waals surface area contributed by atoms with Crippen LogP contribution in [0.1, 0.15) is 41.0 Å². The lowest BCUT2D eigenvalue weighted by molar-refractivity contribution is 0.153. The van der Waals surface area contributed by atoms with E-state index in [1.165, 1.54) is 6.42 Å². The van der Waals surface area contributed by atoms with Gasteiger partial charge in [0.15, 0.2) is 0 Å². The zero-order valence-corrected chi connectivity index (χ0v) is 11.4. The summed E-state index contributed by atoms with van der Waals surface area (Å²) >= 11 is 0. The molecule has 0 rings (SSSR count). The summed E-state index contributed by atoms with van der Waals surface area (Å²) in [4.78, 5) is 0. The second-order valence-electron chi connectivity index (χ2n) is 3.88. The largest absolute Gasteiger partial charge is 0.395 e. The highest BCUT2D eigenvalue weighted by Gasteiger charge is 2.33. The Hall–Kier alpha value is 0.137. The minimum atomic E-state index is -1.82. The van der Waals surface area contributed by atoms with E-state index in [-0.39, 0.29) is 0 Å². The third-order valence-electron chi connectivity index (χ3n) is 2.81. The Morgan fingerprint density at radius 1 is 1.00 bits per heavy atom. The average molecular weight is 218 g/mol. The first-order valence-electron chi connectivity index (χ1n) is 5.91. The van der Waals surface area contributed by atoms with Gasteiger partial charge in [0.2, 0.25) is 0 Å². The van der Waals surface area contributed by atoms with Crippen LogP contribution in [0.25, 0.3) is 0 Å². The summed E-state index contributed by atoms with van der Waals surface area (Å²) in [6.45, 7) is 12.5. The van der Waals surface area contributed by atoms with Crippen LogP contribution in [-0.2, 0) is 8.85 Å². The standard InChI is InChI=1S/C11H26O2Si/c1-6-11(5)10-13-14(8-3,9-4)12-7-2/h11H,6-10H2,1-5H3. The maximum Gasteiger partial charge on any atom is 0.337 e. The first kappa shape index (κ1) is 14.1. The van der Waals surface area contributed by atoms with Crippen molar-refractivity contribution in [1.29, 1.82) is 0 Å². The summed E-state index contributed by atoms with van der Waals surface area (Å²) < 4.78 is 11.9. The first-order chi connectivity index (χ1) is 6.64. The van der Waals surface area contributed by atoms with Crippen molar-refractivity contribution in [3.8, 4) is 0 Å². The Labute approximate surface area is 90.2 Å². The van der Waals surface area contributed by atoms with E-state index in [4.69, 9.17) is 8.85 Å². The summed E-state index contributed by atoms with van der Waals surface area (Å²) in [6, 6.07) is 2.13. The maximum atomic E-state index is 6.04. The lowest BCUT2D eigenvalue weighted by atomic mass is 10.1. The third kappa shape index (κ3) is 4.58. The highest BCUT2D eigenvalue weighted by atomic mass is 28.4. The van der Waals surface area contributed by atoms with Crippen LogP contribution in [0.4, 0.5) is 0 Å². The zero-order chi connectivity index (χ0) is 11.0. The van der Waals surface area contributed by atoms with Gasteiger partial charge in [-0.05, 0) is 24.9 Å². The van der Waals surface area contributed by atoms with Gasteiger partial charge in [0, 0.05) is 13.2 Å². The molecule has 0 saturated heterocycles. The molecule has 0 aliphatic carbocycles. The van der Waals surface area contributed by atoms with Crippen molar-refractivity contribution in [2.75, 3.05) is 13.2 Å². The van der Waals surface area contributed by atoms with Gasteiger partial charge in [-0.15, -0.1) is 0 Å². The molecule has 0 aliphatic heterocycles. The van der Waals surface area contributed by atoms with Gasteiger partial charge in [-0.25, -0.2) is 0 Å². The quantitative estimate of drug-likeness (QED) is 0.580. The van der Waals surface area contributed by atoms with Crippen molar-refractivity contribution in [2.24, 2.45) is 5.92 Å². The van der Waals surface area contributed by atoms with E-state index in [0.717, 1.165) is 25.3 Å². The summed E-state index contributed by atoms with van der Waals surface area (Å²) in [5.74, 6) is 0.653. The van der Waals surface area contributed by atoms with Crippen molar-refractivity contribution in [3.05, 3.63) is 0 Å². The predicted molar refractivity (Wildman–Crippen MR) is 63.7 cm³/mol. The molecular weight excluding hydrogens is 192 g/mol. The van der Waals surface area contributed by atoms with E-state index >= 15 is 0 Å². The van der Waals surface area contributed by atoms with Crippen molar-refractivity contribution in [1.82, 2.24) is 0 Å². The summed E-state index contributed by atoms with van der Waals surface area (Å²) in [6.07, 6.45) is 1.18. The van der Waals surface area contributed by atoms with Gasteiger partial charge in [-0.1, -0.05) is 34.1 Å². The molecule has 0 aromatic carbocycles. The fraction of sp³-hybridized carbons (Fsp3) is 1.00. The van der Waals surface area contributed by atoms with E-state index in [1.54, 1.807) is 0 Å². The molecule has 3 heteroatoms. The Morgan fingerprint density at radius 3 is 1.93 bits per heavy atom.